The second-order valence-electron chi connectivity index (χ2n) is 8.13. The van der Waals surface area contributed by atoms with Gasteiger partial charge < -0.3 is 19.8 Å². The third kappa shape index (κ3) is 3.41. The average molecular weight is 391 g/mol. The number of carbonyl (C=O) groups is 2. The van der Waals surface area contributed by atoms with Crippen molar-refractivity contribution in [2.45, 2.75) is 38.8 Å². The van der Waals surface area contributed by atoms with Gasteiger partial charge >= 0.3 is 0 Å². The summed E-state index contributed by atoms with van der Waals surface area (Å²) >= 11 is 0. The average Bonchev–Trinajstić information content (AvgIpc) is 3.30. The van der Waals surface area contributed by atoms with E-state index in [1.807, 2.05) is 42.3 Å². The molecular formula is C22H25N5O2. The van der Waals surface area contributed by atoms with Gasteiger partial charge in [-0.25, -0.2) is 4.98 Å². The SMILES string of the molecule is C[C@H]1c2nc(CC(=O)NCC3CC3)cn2CCN1C(=O)c1c[nH]c2ccccc12. The molecule has 3 aromatic rings. The van der Waals surface area contributed by atoms with Gasteiger partial charge in [0.1, 0.15) is 5.82 Å². The molecule has 29 heavy (non-hydrogen) atoms. The van der Waals surface area contributed by atoms with Crippen LogP contribution in [0.5, 0.6) is 0 Å². The van der Waals surface area contributed by atoms with Crippen LogP contribution in [-0.4, -0.2) is 44.3 Å². The standard InChI is InChI=1S/C22H25N5O2/c1-14-21-25-16(10-20(28)24-11-15-6-7-15)13-26(21)8-9-27(14)22(29)18-12-23-19-5-3-2-4-17(18)19/h2-5,12-15,23H,6-11H2,1H3,(H,24,28)/t14-/m0/s1. The molecule has 0 spiro atoms. The first-order valence-corrected chi connectivity index (χ1v) is 10.3. The summed E-state index contributed by atoms with van der Waals surface area (Å²) in [6, 6.07) is 7.69. The highest BCUT2D eigenvalue weighted by Crippen LogP contribution is 2.29. The highest BCUT2D eigenvalue weighted by molar-refractivity contribution is 6.06. The first-order valence-electron chi connectivity index (χ1n) is 10.3. The zero-order valence-electron chi connectivity index (χ0n) is 16.5. The number of rotatable bonds is 5. The van der Waals surface area contributed by atoms with Crippen molar-refractivity contribution < 1.29 is 9.59 Å². The van der Waals surface area contributed by atoms with Crippen molar-refractivity contribution in [2.75, 3.05) is 13.1 Å². The molecule has 7 nitrogen and oxygen atoms in total. The van der Waals surface area contributed by atoms with E-state index in [2.05, 4.69) is 14.9 Å². The fourth-order valence-corrected chi connectivity index (χ4v) is 4.12. The summed E-state index contributed by atoms with van der Waals surface area (Å²) in [6.45, 7) is 4.08. The van der Waals surface area contributed by atoms with Crippen molar-refractivity contribution in [3.05, 3.63) is 53.7 Å². The van der Waals surface area contributed by atoms with Crippen molar-refractivity contribution in [2.24, 2.45) is 5.92 Å². The van der Waals surface area contributed by atoms with E-state index < -0.39 is 0 Å². The fraction of sp³-hybridized carbons (Fsp3) is 0.409. The minimum atomic E-state index is -0.145. The molecule has 1 aromatic carbocycles. The highest BCUT2D eigenvalue weighted by Gasteiger charge is 2.31. The summed E-state index contributed by atoms with van der Waals surface area (Å²) in [5.74, 6) is 1.53. The number of carbonyl (C=O) groups excluding carboxylic acids is 2. The van der Waals surface area contributed by atoms with Gasteiger partial charge in [0.25, 0.3) is 5.91 Å². The maximum atomic E-state index is 13.2. The monoisotopic (exact) mass is 391 g/mol. The second-order valence-corrected chi connectivity index (χ2v) is 8.13. The number of aromatic nitrogens is 3. The molecule has 150 valence electrons. The topological polar surface area (TPSA) is 83.0 Å². The van der Waals surface area contributed by atoms with E-state index in [1.165, 1.54) is 12.8 Å². The molecule has 2 aromatic heterocycles. The zero-order valence-corrected chi connectivity index (χ0v) is 16.5. The van der Waals surface area contributed by atoms with Gasteiger partial charge in [0.2, 0.25) is 5.91 Å². The Morgan fingerprint density at radius 1 is 1.24 bits per heavy atom. The van der Waals surface area contributed by atoms with E-state index in [4.69, 9.17) is 4.98 Å². The number of H-pyrrole nitrogens is 1. The molecule has 7 heteroatoms. The molecule has 0 saturated heterocycles. The van der Waals surface area contributed by atoms with Crippen molar-refractivity contribution in [1.82, 2.24) is 24.8 Å². The van der Waals surface area contributed by atoms with Gasteiger partial charge in [-0.15, -0.1) is 0 Å². The normalized spacial score (nSPS) is 18.7. The van der Waals surface area contributed by atoms with Gasteiger partial charge in [0.05, 0.1) is 23.7 Å². The molecule has 0 radical (unpaired) electrons. The number of hydrogen-bond donors (Lipinski definition) is 2. The Labute approximate surface area is 169 Å². The Morgan fingerprint density at radius 2 is 2.07 bits per heavy atom. The van der Waals surface area contributed by atoms with E-state index in [0.717, 1.165) is 29.0 Å². The number of amides is 2. The van der Waals surface area contributed by atoms with E-state index in [1.54, 1.807) is 6.20 Å². The second kappa shape index (κ2) is 7.06. The smallest absolute Gasteiger partial charge is 0.256 e. The van der Waals surface area contributed by atoms with Crippen LogP contribution in [0.3, 0.4) is 0 Å². The highest BCUT2D eigenvalue weighted by atomic mass is 16.2. The molecule has 1 saturated carbocycles. The third-order valence-corrected chi connectivity index (χ3v) is 5.99. The fourth-order valence-electron chi connectivity index (χ4n) is 4.12. The molecule has 0 bridgehead atoms. The van der Waals surface area contributed by atoms with Crippen LogP contribution >= 0.6 is 0 Å². The summed E-state index contributed by atoms with van der Waals surface area (Å²) in [5.41, 5.74) is 2.41. The maximum Gasteiger partial charge on any atom is 0.256 e. The number of imidazole rings is 1. The van der Waals surface area contributed by atoms with Gasteiger partial charge in [0, 0.05) is 42.9 Å². The number of benzene rings is 1. The Morgan fingerprint density at radius 3 is 2.90 bits per heavy atom. The molecular weight excluding hydrogens is 366 g/mol. The summed E-state index contributed by atoms with van der Waals surface area (Å²) in [5, 5.41) is 3.93. The van der Waals surface area contributed by atoms with E-state index in [9.17, 15) is 9.59 Å². The molecule has 2 N–H and O–H groups in total. The minimum absolute atomic E-state index is 0.00734. The minimum Gasteiger partial charge on any atom is -0.360 e. The number of hydrogen-bond acceptors (Lipinski definition) is 3. The van der Waals surface area contributed by atoms with Gasteiger partial charge in [0.15, 0.2) is 0 Å². The van der Waals surface area contributed by atoms with Crippen LogP contribution in [-0.2, 0) is 17.8 Å². The molecule has 2 amide bonds. The Balaban J connectivity index is 1.32. The lowest BCUT2D eigenvalue weighted by Crippen LogP contribution is -2.41. The maximum absolute atomic E-state index is 13.2. The molecule has 5 rings (SSSR count). The lowest BCUT2D eigenvalue weighted by molar-refractivity contribution is -0.120. The molecule has 1 aliphatic carbocycles. The summed E-state index contributed by atoms with van der Waals surface area (Å²) in [4.78, 5) is 35.1. The molecule has 0 unspecified atom stereocenters. The van der Waals surface area contributed by atoms with Crippen LogP contribution in [0, 0.1) is 5.92 Å². The third-order valence-electron chi connectivity index (χ3n) is 5.99. The zero-order chi connectivity index (χ0) is 20.0. The van der Waals surface area contributed by atoms with E-state index in [0.29, 0.717) is 24.6 Å². The van der Waals surface area contributed by atoms with Crippen molar-refractivity contribution in [1.29, 1.82) is 0 Å². The van der Waals surface area contributed by atoms with Gasteiger partial charge in [-0.05, 0) is 31.7 Å². The van der Waals surface area contributed by atoms with Crippen molar-refractivity contribution in [3.8, 4) is 0 Å². The molecule has 1 aliphatic heterocycles. The lowest BCUT2D eigenvalue weighted by atomic mass is 10.1. The first-order chi connectivity index (χ1) is 14.1. The number of fused-ring (bicyclic) bond motifs is 2. The Hall–Kier alpha value is -3.09. The summed E-state index contributed by atoms with van der Waals surface area (Å²) < 4.78 is 2.08. The van der Waals surface area contributed by atoms with E-state index in [-0.39, 0.29) is 24.3 Å². The number of para-hydroxylation sites is 1. The van der Waals surface area contributed by atoms with Crippen LogP contribution in [0.15, 0.2) is 36.7 Å². The van der Waals surface area contributed by atoms with Crippen LogP contribution in [0.2, 0.25) is 0 Å². The number of aromatic amines is 1. The number of nitrogens with one attached hydrogen (secondary N) is 2. The van der Waals surface area contributed by atoms with Crippen molar-refractivity contribution in [3.63, 3.8) is 0 Å². The Kier molecular flexibility index (Phi) is 4.38. The predicted octanol–water partition coefficient (Wildman–Crippen LogP) is 2.65. The lowest BCUT2D eigenvalue weighted by Gasteiger charge is -2.33. The van der Waals surface area contributed by atoms with E-state index >= 15 is 0 Å². The molecule has 2 aliphatic rings. The van der Waals surface area contributed by atoms with Crippen molar-refractivity contribution >= 4 is 22.7 Å². The van der Waals surface area contributed by atoms with Crippen LogP contribution in [0.1, 0.15) is 47.7 Å². The first kappa shape index (κ1) is 18.0. The molecule has 1 fully saturated rings. The number of nitrogens with zero attached hydrogens (tertiary/aromatic N) is 3. The Bertz CT molecular complexity index is 1080. The van der Waals surface area contributed by atoms with Gasteiger partial charge in [-0.1, -0.05) is 18.2 Å². The van der Waals surface area contributed by atoms with Crippen LogP contribution in [0.25, 0.3) is 10.9 Å². The van der Waals surface area contributed by atoms with Crippen LogP contribution < -0.4 is 5.32 Å². The quantitative estimate of drug-likeness (QED) is 0.701. The molecule has 1 atom stereocenters. The summed E-state index contributed by atoms with van der Waals surface area (Å²) in [7, 11) is 0. The van der Waals surface area contributed by atoms with Gasteiger partial charge in [-0.3, -0.25) is 9.59 Å². The largest absolute Gasteiger partial charge is 0.360 e. The predicted molar refractivity (Wildman–Crippen MR) is 109 cm³/mol. The summed E-state index contributed by atoms with van der Waals surface area (Å²) in [6.07, 6.45) is 6.47. The van der Waals surface area contributed by atoms with Gasteiger partial charge in [-0.2, -0.15) is 0 Å². The molecule has 3 heterocycles. The van der Waals surface area contributed by atoms with Crippen LogP contribution in [0.4, 0.5) is 0 Å².